The van der Waals surface area contributed by atoms with Gasteiger partial charge in [-0.25, -0.2) is 0 Å². The molecule has 0 spiro atoms. The summed E-state index contributed by atoms with van der Waals surface area (Å²) in [6.07, 6.45) is 0. The highest BCUT2D eigenvalue weighted by Crippen LogP contribution is 2.24. The monoisotopic (exact) mass is 289 g/mol. The molecule has 0 aromatic heterocycles. The Hall–Kier alpha value is -2.70. The molecule has 20 heavy (non-hydrogen) atoms. The number of benzene rings is 2. The fraction of sp³-hybridized carbons (Fsp3) is 0. The smallest absolute Gasteiger partial charge is 0.418 e. The number of nitrogens with one attached hydrogen (secondary N) is 1. The largest absolute Gasteiger partial charge is 0.673 e. The number of non-ortho nitro benzene ring substituents is 1. The Morgan fingerprint density at radius 2 is 1.45 bits per heavy atom. The molecular formula is C10H8BF4N3O2. The molecule has 0 radical (unpaired) electrons. The number of diazo groups is 1. The van der Waals surface area contributed by atoms with E-state index in [-0.39, 0.29) is 10.6 Å². The topological polar surface area (TPSA) is 90.7 Å². The number of fused-ring (bicyclic) bond motifs is 1. The molecule has 0 bridgehead atoms. The van der Waals surface area contributed by atoms with Crippen LogP contribution in [0.4, 0.5) is 23.0 Å². The summed E-state index contributed by atoms with van der Waals surface area (Å²) in [5.74, 6) is 0. The first-order chi connectivity index (χ1) is 9.29. The van der Waals surface area contributed by atoms with Gasteiger partial charge in [0.15, 0.2) is 0 Å². The normalized spacial score (nSPS) is 9.70. The van der Waals surface area contributed by atoms with Gasteiger partial charge in [-0.2, -0.15) is 0 Å². The summed E-state index contributed by atoms with van der Waals surface area (Å²) >= 11 is 0. The lowest BCUT2D eigenvalue weighted by Crippen LogP contribution is -2.11. The Morgan fingerprint density at radius 3 is 1.95 bits per heavy atom. The van der Waals surface area contributed by atoms with Gasteiger partial charge < -0.3 is 17.3 Å². The van der Waals surface area contributed by atoms with Gasteiger partial charge in [-0.05, 0) is 11.5 Å². The van der Waals surface area contributed by atoms with Crippen molar-refractivity contribution in [3.05, 3.63) is 52.6 Å². The van der Waals surface area contributed by atoms with E-state index in [1.165, 1.54) is 6.07 Å². The van der Waals surface area contributed by atoms with Gasteiger partial charge >= 0.3 is 7.25 Å². The molecule has 0 aliphatic heterocycles. The molecule has 0 saturated carbocycles. The second kappa shape index (κ2) is 7.68. The van der Waals surface area contributed by atoms with Crippen molar-refractivity contribution < 1.29 is 27.6 Å². The Kier molecular flexibility index (Phi) is 6.64. The lowest BCUT2D eigenvalue weighted by atomic mass is 10.1. The van der Waals surface area contributed by atoms with Crippen molar-refractivity contribution in [1.82, 2.24) is 0 Å². The van der Waals surface area contributed by atoms with Crippen LogP contribution in [0.2, 0.25) is 0 Å². The Balaban J connectivity index is 0.000000441. The molecule has 1 N–H and O–H groups in total. The SMILES string of the molecule is F[B-](F)(F)F.N#[NH+].O=[N+]([O-])c1cccc2ccccc12. The number of nitro benzene ring substituents is 1. The fourth-order valence-electron chi connectivity index (χ4n) is 1.37. The number of rotatable bonds is 1. The molecule has 0 fully saturated rings. The molecule has 2 aromatic rings. The Labute approximate surface area is 110 Å². The van der Waals surface area contributed by atoms with Crippen LogP contribution in [-0.4, -0.2) is 12.2 Å². The molecule has 0 amide bonds. The zero-order valence-electron chi connectivity index (χ0n) is 9.84. The van der Waals surface area contributed by atoms with Crippen LogP contribution in [0.1, 0.15) is 0 Å². The van der Waals surface area contributed by atoms with Crippen molar-refractivity contribution >= 4 is 23.7 Å². The zero-order chi connectivity index (χ0) is 15.8. The van der Waals surface area contributed by atoms with Crippen molar-refractivity contribution in [2.45, 2.75) is 0 Å². The van der Waals surface area contributed by atoms with Gasteiger partial charge in [-0.1, -0.05) is 30.3 Å². The molecule has 0 heterocycles. The van der Waals surface area contributed by atoms with Crippen molar-refractivity contribution in [3.8, 4) is 0 Å². The average molecular weight is 289 g/mol. The van der Waals surface area contributed by atoms with E-state index in [9.17, 15) is 27.4 Å². The molecule has 0 atom stereocenters. The highest BCUT2D eigenvalue weighted by atomic mass is 19.5. The van der Waals surface area contributed by atoms with Gasteiger partial charge in [0.05, 0.1) is 15.7 Å². The van der Waals surface area contributed by atoms with Gasteiger partial charge in [0.1, 0.15) is 0 Å². The highest BCUT2D eigenvalue weighted by molar-refractivity contribution is 6.50. The van der Waals surface area contributed by atoms with Gasteiger partial charge in [0, 0.05) is 6.07 Å². The summed E-state index contributed by atoms with van der Waals surface area (Å²) in [4.78, 5) is 10.3. The molecule has 0 unspecified atom stereocenters. The standard InChI is InChI=1S/C10H7NO2.BF4.N2/c12-11(13)10-7-3-5-8-4-1-2-6-9(8)10;2-1(3,4)5;1-2/h1-7H;;/q;-1;/p+1. The third-order valence-electron chi connectivity index (χ3n) is 1.96. The van der Waals surface area contributed by atoms with Crippen LogP contribution < -0.4 is 5.39 Å². The van der Waals surface area contributed by atoms with E-state index < -0.39 is 7.25 Å². The second-order valence-electron chi connectivity index (χ2n) is 3.25. The minimum absolute atomic E-state index is 0.165. The van der Waals surface area contributed by atoms with Crippen LogP contribution >= 0.6 is 0 Å². The molecule has 0 aliphatic carbocycles. The first kappa shape index (κ1) is 17.3. The van der Waals surface area contributed by atoms with Crippen LogP contribution in [0.15, 0.2) is 42.5 Å². The maximum Gasteiger partial charge on any atom is 0.673 e. The molecule has 5 nitrogen and oxygen atoms in total. The maximum absolute atomic E-state index is 10.6. The van der Waals surface area contributed by atoms with E-state index in [1.807, 2.05) is 18.2 Å². The molecule has 0 saturated heterocycles. The van der Waals surface area contributed by atoms with Gasteiger partial charge in [0.25, 0.3) is 5.69 Å². The van der Waals surface area contributed by atoms with Crippen molar-refractivity contribution in [2.24, 2.45) is 0 Å². The summed E-state index contributed by atoms with van der Waals surface area (Å²) in [5.41, 5.74) is 0.165. The van der Waals surface area contributed by atoms with Crippen LogP contribution in [0.5, 0.6) is 0 Å². The lowest BCUT2D eigenvalue weighted by molar-refractivity contribution is -0.383. The number of halogens is 4. The van der Waals surface area contributed by atoms with Gasteiger partial charge in [-0.15, -0.1) is 0 Å². The first-order valence-corrected chi connectivity index (χ1v) is 5.01. The van der Waals surface area contributed by atoms with Crippen molar-refractivity contribution in [2.75, 3.05) is 0 Å². The predicted octanol–water partition coefficient (Wildman–Crippen LogP) is 2.33. The summed E-state index contributed by atoms with van der Waals surface area (Å²) in [5, 5.41) is 23.2. The summed E-state index contributed by atoms with van der Waals surface area (Å²) in [6.45, 7) is 0. The van der Waals surface area contributed by atoms with E-state index in [4.69, 9.17) is 10.8 Å². The number of nitrogens with zero attached hydrogens (tertiary/aromatic N) is 2. The van der Waals surface area contributed by atoms with Crippen LogP contribution in [0, 0.1) is 15.5 Å². The molecule has 2 rings (SSSR count). The number of hydrogen-bond acceptors (Lipinski definition) is 3. The maximum atomic E-state index is 10.6. The Morgan fingerprint density at radius 1 is 1.00 bits per heavy atom. The minimum atomic E-state index is -6.00. The molecule has 10 heteroatoms. The van der Waals surface area contributed by atoms with Gasteiger partial charge in [-0.3, -0.25) is 10.1 Å². The Bertz CT molecular complexity index is 592. The van der Waals surface area contributed by atoms with Crippen molar-refractivity contribution in [1.29, 1.82) is 5.39 Å². The average Bonchev–Trinajstić information content (AvgIpc) is 2.38. The lowest BCUT2D eigenvalue weighted by Gasteiger charge is -1.97. The van der Waals surface area contributed by atoms with Crippen LogP contribution in [-0.2, 0) is 0 Å². The highest BCUT2D eigenvalue weighted by Gasteiger charge is 2.20. The van der Waals surface area contributed by atoms with E-state index in [0.717, 1.165) is 5.39 Å². The van der Waals surface area contributed by atoms with E-state index >= 15 is 0 Å². The van der Waals surface area contributed by atoms with Crippen LogP contribution in [0.3, 0.4) is 0 Å². The summed E-state index contributed by atoms with van der Waals surface area (Å²) < 4.78 is 39.0. The van der Waals surface area contributed by atoms with Crippen LogP contribution in [0.25, 0.3) is 10.8 Å². The second-order valence-corrected chi connectivity index (χ2v) is 3.25. The molecule has 106 valence electrons. The minimum Gasteiger partial charge on any atom is -0.418 e. The van der Waals surface area contributed by atoms with Crippen molar-refractivity contribution in [3.63, 3.8) is 0 Å². The van der Waals surface area contributed by atoms with Gasteiger partial charge in [0.2, 0.25) is 5.39 Å². The third-order valence-corrected chi connectivity index (χ3v) is 1.96. The third kappa shape index (κ3) is 6.30. The zero-order valence-corrected chi connectivity index (χ0v) is 9.84. The molecule has 0 aliphatic rings. The van der Waals surface area contributed by atoms with E-state index in [2.05, 4.69) is 0 Å². The number of nitro groups is 1. The fourth-order valence-corrected chi connectivity index (χ4v) is 1.37. The van der Waals surface area contributed by atoms with E-state index in [0.29, 0.717) is 5.39 Å². The predicted molar refractivity (Wildman–Crippen MR) is 63.5 cm³/mol. The first-order valence-electron chi connectivity index (χ1n) is 5.01. The summed E-state index contributed by atoms with van der Waals surface area (Å²) in [6, 6.07) is 12.4. The summed E-state index contributed by atoms with van der Waals surface area (Å²) in [7, 11) is -6.00. The number of hydrogen-bond donors (Lipinski definition) is 1. The molecule has 2 aromatic carbocycles. The van der Waals surface area contributed by atoms with E-state index in [1.54, 1.807) is 18.2 Å². The quantitative estimate of drug-likeness (QED) is 0.287. The molecular weight excluding hydrogens is 281 g/mol.